The predicted molar refractivity (Wildman–Crippen MR) is 68.9 cm³/mol. The number of nitrogens with zero attached hydrogens (tertiary/aromatic N) is 2. The van der Waals surface area contributed by atoms with E-state index in [0.717, 1.165) is 15.7 Å². The second kappa shape index (κ2) is 4.49. The third kappa shape index (κ3) is 2.20. The van der Waals surface area contributed by atoms with Crippen LogP contribution in [0, 0.1) is 6.92 Å². The number of amides is 2. The lowest BCUT2D eigenvalue weighted by Crippen LogP contribution is -2.53. The van der Waals surface area contributed by atoms with Crippen molar-refractivity contribution >= 4 is 33.4 Å². The lowest BCUT2D eigenvalue weighted by Gasteiger charge is -2.31. The van der Waals surface area contributed by atoms with E-state index in [2.05, 4.69) is 15.9 Å². The molecule has 0 atom stereocenters. The Labute approximate surface area is 108 Å². The molecule has 17 heavy (non-hydrogen) atoms. The molecule has 1 saturated heterocycles. The number of piperazine rings is 1. The number of halogens is 1. The molecule has 1 fully saturated rings. The molecule has 0 aliphatic carbocycles. The van der Waals surface area contributed by atoms with Gasteiger partial charge in [0.25, 0.3) is 0 Å². The van der Waals surface area contributed by atoms with Crippen LogP contribution >= 0.6 is 15.9 Å². The van der Waals surface area contributed by atoms with Crippen molar-refractivity contribution in [1.29, 1.82) is 0 Å². The average Bonchev–Trinajstić information content (AvgIpc) is 2.30. The molecule has 0 N–H and O–H groups in total. The lowest BCUT2D eigenvalue weighted by atomic mass is 10.2. The molecule has 1 aliphatic rings. The zero-order chi connectivity index (χ0) is 12.6. The van der Waals surface area contributed by atoms with E-state index in [1.54, 1.807) is 7.05 Å². The van der Waals surface area contributed by atoms with E-state index in [1.807, 2.05) is 25.1 Å². The highest BCUT2D eigenvalue weighted by molar-refractivity contribution is 9.10. The van der Waals surface area contributed by atoms with Crippen LogP contribution in [0.2, 0.25) is 0 Å². The van der Waals surface area contributed by atoms with Gasteiger partial charge < -0.3 is 9.80 Å². The topological polar surface area (TPSA) is 40.6 Å². The molecule has 1 aromatic rings. The SMILES string of the molecule is Cc1ccc(N2CCN(C)C(=O)C2=O)cc1Br. The van der Waals surface area contributed by atoms with Crippen molar-refractivity contribution in [2.75, 3.05) is 25.0 Å². The second-order valence-electron chi connectivity index (χ2n) is 4.12. The standard InChI is InChI=1S/C12H13BrN2O2/c1-8-3-4-9(7-10(8)13)15-6-5-14(2)11(16)12(15)17/h3-4,7H,5-6H2,1-2H3. The monoisotopic (exact) mass is 296 g/mol. The smallest absolute Gasteiger partial charge is 0.316 e. The Balaban J connectivity index is 2.31. The van der Waals surface area contributed by atoms with Gasteiger partial charge in [0.15, 0.2) is 0 Å². The summed E-state index contributed by atoms with van der Waals surface area (Å²) in [5.41, 5.74) is 1.86. The summed E-state index contributed by atoms with van der Waals surface area (Å²) in [6, 6.07) is 5.65. The molecule has 0 saturated carbocycles. The molecule has 0 spiro atoms. The Hall–Kier alpha value is -1.36. The minimum Gasteiger partial charge on any atom is -0.336 e. The minimum atomic E-state index is -0.463. The van der Waals surface area contributed by atoms with Crippen LogP contribution in [-0.4, -0.2) is 36.9 Å². The van der Waals surface area contributed by atoms with Crippen molar-refractivity contribution in [3.63, 3.8) is 0 Å². The molecule has 0 radical (unpaired) electrons. The first-order valence-corrected chi connectivity index (χ1v) is 6.13. The van der Waals surface area contributed by atoms with Gasteiger partial charge in [0, 0.05) is 30.3 Å². The Kier molecular flexibility index (Phi) is 3.19. The van der Waals surface area contributed by atoms with Gasteiger partial charge in [0.1, 0.15) is 0 Å². The van der Waals surface area contributed by atoms with Crippen molar-refractivity contribution in [2.24, 2.45) is 0 Å². The number of carbonyl (C=O) groups is 2. The highest BCUT2D eigenvalue weighted by atomic mass is 79.9. The highest BCUT2D eigenvalue weighted by Gasteiger charge is 2.31. The van der Waals surface area contributed by atoms with Crippen LogP contribution in [0.3, 0.4) is 0 Å². The third-order valence-corrected chi connectivity index (χ3v) is 3.76. The number of hydrogen-bond donors (Lipinski definition) is 0. The number of likely N-dealkylation sites (N-methyl/N-ethyl adjacent to an activating group) is 1. The molecule has 0 aromatic heterocycles. The maximum atomic E-state index is 11.9. The van der Waals surface area contributed by atoms with E-state index >= 15 is 0 Å². The Morgan fingerprint density at radius 2 is 1.88 bits per heavy atom. The van der Waals surface area contributed by atoms with Gasteiger partial charge in [-0.1, -0.05) is 22.0 Å². The average molecular weight is 297 g/mol. The molecule has 2 amide bonds. The molecule has 1 heterocycles. The number of rotatable bonds is 1. The van der Waals surface area contributed by atoms with E-state index in [0.29, 0.717) is 13.1 Å². The highest BCUT2D eigenvalue weighted by Crippen LogP contribution is 2.24. The fourth-order valence-electron chi connectivity index (χ4n) is 1.73. The molecule has 90 valence electrons. The molecular formula is C12H13BrN2O2. The zero-order valence-corrected chi connectivity index (χ0v) is 11.3. The summed E-state index contributed by atoms with van der Waals surface area (Å²) in [5.74, 6) is -0.914. The molecule has 4 nitrogen and oxygen atoms in total. The summed E-state index contributed by atoms with van der Waals surface area (Å²) in [5, 5.41) is 0. The Morgan fingerprint density at radius 3 is 2.53 bits per heavy atom. The molecule has 1 aliphatic heterocycles. The Morgan fingerprint density at radius 1 is 1.18 bits per heavy atom. The number of benzene rings is 1. The van der Waals surface area contributed by atoms with Crippen LogP contribution in [0.5, 0.6) is 0 Å². The fourth-order valence-corrected chi connectivity index (χ4v) is 2.09. The van der Waals surface area contributed by atoms with Crippen LogP contribution in [-0.2, 0) is 9.59 Å². The van der Waals surface area contributed by atoms with Gasteiger partial charge in [-0.3, -0.25) is 9.59 Å². The molecular weight excluding hydrogens is 284 g/mol. The second-order valence-corrected chi connectivity index (χ2v) is 4.97. The Bertz CT molecular complexity index is 487. The van der Waals surface area contributed by atoms with Gasteiger partial charge in [-0.25, -0.2) is 0 Å². The summed E-state index contributed by atoms with van der Waals surface area (Å²) < 4.78 is 0.939. The molecule has 0 bridgehead atoms. The summed E-state index contributed by atoms with van der Waals surface area (Å²) in [6.45, 7) is 3.08. The maximum absolute atomic E-state index is 11.9. The van der Waals surface area contributed by atoms with Crippen LogP contribution in [0.4, 0.5) is 5.69 Å². The van der Waals surface area contributed by atoms with Gasteiger partial charge in [-0.2, -0.15) is 0 Å². The van der Waals surface area contributed by atoms with Crippen molar-refractivity contribution in [3.8, 4) is 0 Å². The van der Waals surface area contributed by atoms with Crippen molar-refractivity contribution in [3.05, 3.63) is 28.2 Å². The van der Waals surface area contributed by atoms with Gasteiger partial charge in [-0.15, -0.1) is 0 Å². The molecule has 5 heteroatoms. The number of aryl methyl sites for hydroxylation is 1. The summed E-state index contributed by atoms with van der Waals surface area (Å²) in [7, 11) is 1.64. The van der Waals surface area contributed by atoms with E-state index in [9.17, 15) is 9.59 Å². The van der Waals surface area contributed by atoms with Gasteiger partial charge >= 0.3 is 11.8 Å². The molecule has 2 rings (SSSR count). The van der Waals surface area contributed by atoms with E-state index < -0.39 is 11.8 Å². The fraction of sp³-hybridized carbons (Fsp3) is 0.333. The van der Waals surface area contributed by atoms with Crippen LogP contribution in [0.15, 0.2) is 22.7 Å². The minimum absolute atomic E-state index is 0.451. The first kappa shape index (κ1) is 12.1. The van der Waals surface area contributed by atoms with Crippen LogP contribution in [0.25, 0.3) is 0 Å². The van der Waals surface area contributed by atoms with Gasteiger partial charge in [0.05, 0.1) is 0 Å². The summed E-state index contributed by atoms with van der Waals surface area (Å²) in [4.78, 5) is 26.4. The van der Waals surface area contributed by atoms with E-state index in [-0.39, 0.29) is 0 Å². The van der Waals surface area contributed by atoms with Crippen molar-refractivity contribution < 1.29 is 9.59 Å². The van der Waals surface area contributed by atoms with Crippen molar-refractivity contribution in [1.82, 2.24) is 4.90 Å². The quantitative estimate of drug-likeness (QED) is 0.738. The van der Waals surface area contributed by atoms with E-state index in [1.165, 1.54) is 9.80 Å². The third-order valence-electron chi connectivity index (χ3n) is 2.90. The first-order valence-electron chi connectivity index (χ1n) is 5.34. The number of hydrogen-bond acceptors (Lipinski definition) is 2. The van der Waals surface area contributed by atoms with Crippen molar-refractivity contribution in [2.45, 2.75) is 6.92 Å². The summed E-state index contributed by atoms with van der Waals surface area (Å²) >= 11 is 3.43. The predicted octanol–water partition coefficient (Wildman–Crippen LogP) is 1.56. The van der Waals surface area contributed by atoms with Crippen LogP contribution < -0.4 is 4.90 Å². The normalized spacial score (nSPS) is 16.6. The molecule has 0 unspecified atom stereocenters. The van der Waals surface area contributed by atoms with Crippen LogP contribution in [0.1, 0.15) is 5.56 Å². The largest absolute Gasteiger partial charge is 0.336 e. The van der Waals surface area contributed by atoms with Gasteiger partial charge in [0.2, 0.25) is 0 Å². The maximum Gasteiger partial charge on any atom is 0.316 e. The van der Waals surface area contributed by atoms with Gasteiger partial charge in [-0.05, 0) is 24.6 Å². The lowest BCUT2D eigenvalue weighted by molar-refractivity contribution is -0.145. The first-order chi connectivity index (χ1) is 8.00. The molecule has 1 aromatic carbocycles. The number of carbonyl (C=O) groups excluding carboxylic acids is 2. The summed E-state index contributed by atoms with van der Waals surface area (Å²) in [6.07, 6.45) is 0. The number of anilines is 1. The zero-order valence-electron chi connectivity index (χ0n) is 9.74. The van der Waals surface area contributed by atoms with E-state index in [4.69, 9.17) is 0 Å².